The van der Waals surface area contributed by atoms with Crippen LogP contribution >= 0.6 is 11.3 Å². The van der Waals surface area contributed by atoms with Crippen molar-refractivity contribution in [3.63, 3.8) is 0 Å². The quantitative estimate of drug-likeness (QED) is 0.507. The van der Waals surface area contributed by atoms with E-state index in [-0.39, 0.29) is 18.1 Å². The number of aliphatic imine (C=N–C) groups is 1. The van der Waals surface area contributed by atoms with Gasteiger partial charge in [-0.1, -0.05) is 24.3 Å². The van der Waals surface area contributed by atoms with Gasteiger partial charge in [0, 0.05) is 11.8 Å². The molecule has 6 heteroatoms. The molecule has 27 heavy (non-hydrogen) atoms. The second-order valence-electron chi connectivity index (χ2n) is 6.07. The molecule has 0 radical (unpaired) electrons. The topological polar surface area (TPSA) is 71.8 Å². The summed E-state index contributed by atoms with van der Waals surface area (Å²) in [6.07, 6.45) is 1.57. The fraction of sp³-hybridized carbons (Fsp3) is 0.190. The first-order chi connectivity index (χ1) is 13.0. The van der Waals surface area contributed by atoms with E-state index in [1.54, 1.807) is 24.4 Å². The fourth-order valence-electron chi connectivity index (χ4n) is 2.68. The molecule has 1 aromatic heterocycles. The van der Waals surface area contributed by atoms with E-state index in [2.05, 4.69) is 9.98 Å². The molecule has 0 spiro atoms. The number of Topliss-reactive ketones (excluding diaryl/α,β-unsaturated/α-hetero) is 1. The van der Waals surface area contributed by atoms with E-state index in [4.69, 9.17) is 4.74 Å². The zero-order chi connectivity index (χ0) is 19.4. The number of phenols is 1. The highest BCUT2D eigenvalue weighted by molar-refractivity contribution is 7.17. The van der Waals surface area contributed by atoms with E-state index < -0.39 is 0 Å². The van der Waals surface area contributed by atoms with Gasteiger partial charge in [0.15, 0.2) is 17.3 Å². The molecule has 5 nitrogen and oxygen atoms in total. The largest absolute Gasteiger partial charge is 0.504 e. The number of aromatic nitrogens is 1. The van der Waals surface area contributed by atoms with Crippen LogP contribution in [0.5, 0.6) is 11.5 Å². The molecule has 0 bridgehead atoms. The lowest BCUT2D eigenvalue weighted by molar-refractivity contribution is 0.100. The number of aryl methyl sites for hydroxylation is 2. The minimum Gasteiger partial charge on any atom is -0.504 e. The predicted molar refractivity (Wildman–Crippen MR) is 108 cm³/mol. The van der Waals surface area contributed by atoms with Gasteiger partial charge in [0.1, 0.15) is 11.6 Å². The Morgan fingerprint density at radius 1 is 1.26 bits per heavy atom. The zero-order valence-corrected chi connectivity index (χ0v) is 16.2. The van der Waals surface area contributed by atoms with Gasteiger partial charge in [-0.05, 0) is 43.2 Å². The molecule has 3 aromatic rings. The molecule has 1 heterocycles. The maximum Gasteiger partial charge on any atom is 0.196 e. The number of ether oxygens (including phenoxy) is 1. The number of hydrogen-bond donors (Lipinski definition) is 1. The van der Waals surface area contributed by atoms with Crippen molar-refractivity contribution in [1.82, 2.24) is 4.98 Å². The molecule has 0 amide bonds. The molecule has 0 unspecified atom stereocenters. The van der Waals surface area contributed by atoms with Gasteiger partial charge >= 0.3 is 0 Å². The van der Waals surface area contributed by atoms with E-state index in [9.17, 15) is 9.90 Å². The van der Waals surface area contributed by atoms with Crippen LogP contribution in [0.4, 0.5) is 0 Å². The van der Waals surface area contributed by atoms with Gasteiger partial charge in [-0.15, -0.1) is 11.3 Å². The highest BCUT2D eigenvalue weighted by Gasteiger charge is 2.16. The van der Waals surface area contributed by atoms with E-state index in [1.165, 1.54) is 18.4 Å². The van der Waals surface area contributed by atoms with Crippen LogP contribution in [-0.4, -0.2) is 35.7 Å². The first kappa shape index (κ1) is 18.8. The SMILES string of the molecule is COc1ccc(C=NCC(=O)c2sc(-c3ccccc3C)nc2C)cc1O. The highest BCUT2D eigenvalue weighted by Crippen LogP contribution is 2.30. The average Bonchev–Trinajstić information content (AvgIpc) is 3.04. The minimum absolute atomic E-state index is 0.0308. The Morgan fingerprint density at radius 3 is 2.74 bits per heavy atom. The summed E-state index contributed by atoms with van der Waals surface area (Å²) in [4.78, 5) is 21.9. The Bertz CT molecular complexity index is 1010. The van der Waals surface area contributed by atoms with Gasteiger partial charge in [-0.2, -0.15) is 0 Å². The van der Waals surface area contributed by atoms with E-state index in [0.29, 0.717) is 16.2 Å². The maximum atomic E-state index is 12.5. The van der Waals surface area contributed by atoms with Gasteiger partial charge in [-0.25, -0.2) is 4.98 Å². The number of thiazole rings is 1. The van der Waals surface area contributed by atoms with Gasteiger partial charge in [-0.3, -0.25) is 9.79 Å². The summed E-state index contributed by atoms with van der Waals surface area (Å²) in [5, 5.41) is 10.6. The Balaban J connectivity index is 1.73. The smallest absolute Gasteiger partial charge is 0.196 e. The zero-order valence-electron chi connectivity index (χ0n) is 15.4. The Kier molecular flexibility index (Phi) is 5.66. The molecule has 0 atom stereocenters. The van der Waals surface area contributed by atoms with Crippen LogP contribution in [0.25, 0.3) is 10.6 Å². The number of benzene rings is 2. The van der Waals surface area contributed by atoms with Gasteiger partial charge in [0.2, 0.25) is 0 Å². The van der Waals surface area contributed by atoms with E-state index >= 15 is 0 Å². The van der Waals surface area contributed by atoms with Crippen molar-refractivity contribution < 1.29 is 14.6 Å². The molecule has 0 aliphatic heterocycles. The van der Waals surface area contributed by atoms with E-state index in [1.807, 2.05) is 38.1 Å². The number of rotatable bonds is 6. The van der Waals surface area contributed by atoms with Gasteiger partial charge in [0.25, 0.3) is 0 Å². The number of ketones is 1. The van der Waals surface area contributed by atoms with Crippen LogP contribution in [0.1, 0.15) is 26.5 Å². The summed E-state index contributed by atoms with van der Waals surface area (Å²) in [5.74, 6) is 0.361. The number of hydrogen-bond acceptors (Lipinski definition) is 6. The first-order valence-corrected chi connectivity index (χ1v) is 9.24. The first-order valence-electron chi connectivity index (χ1n) is 8.43. The third-order valence-electron chi connectivity index (χ3n) is 4.10. The Labute approximate surface area is 162 Å². The van der Waals surface area contributed by atoms with Crippen molar-refractivity contribution in [1.29, 1.82) is 0 Å². The van der Waals surface area contributed by atoms with Crippen LogP contribution in [0.15, 0.2) is 47.5 Å². The van der Waals surface area contributed by atoms with Crippen molar-refractivity contribution >= 4 is 23.3 Å². The summed E-state index contributed by atoms with van der Waals surface area (Å²) < 4.78 is 5.01. The number of aromatic hydroxyl groups is 1. The molecular weight excluding hydrogens is 360 g/mol. The summed E-state index contributed by atoms with van der Waals surface area (Å²) in [6, 6.07) is 13.0. The highest BCUT2D eigenvalue weighted by atomic mass is 32.1. The monoisotopic (exact) mass is 380 g/mol. The van der Waals surface area contributed by atoms with E-state index in [0.717, 1.165) is 21.8 Å². The Hall–Kier alpha value is -2.99. The summed E-state index contributed by atoms with van der Waals surface area (Å²) in [6.45, 7) is 3.90. The lowest BCUT2D eigenvalue weighted by Gasteiger charge is -2.02. The standard InChI is InChI=1S/C21H20N2O3S/c1-13-6-4-5-7-16(13)21-23-14(2)20(27-21)18(25)12-22-11-15-8-9-19(26-3)17(24)10-15/h4-11,24H,12H2,1-3H3. The van der Waals surface area contributed by atoms with Crippen molar-refractivity contribution in [2.45, 2.75) is 13.8 Å². The molecule has 3 rings (SSSR count). The summed E-state index contributed by atoms with van der Waals surface area (Å²) in [5.41, 5.74) is 3.59. The fourth-order valence-corrected chi connectivity index (χ4v) is 3.76. The number of carbonyl (C=O) groups is 1. The molecule has 1 N–H and O–H groups in total. The minimum atomic E-state index is -0.0705. The second kappa shape index (κ2) is 8.14. The third-order valence-corrected chi connectivity index (χ3v) is 5.34. The molecule has 0 aliphatic carbocycles. The number of methoxy groups -OCH3 is 1. The van der Waals surface area contributed by atoms with Crippen molar-refractivity contribution in [3.05, 3.63) is 64.2 Å². The maximum absolute atomic E-state index is 12.5. The normalized spacial score (nSPS) is 11.1. The number of phenolic OH excluding ortho intramolecular Hbond substituents is 1. The molecular formula is C21H20N2O3S. The molecule has 0 saturated heterocycles. The average molecular weight is 380 g/mol. The molecule has 138 valence electrons. The van der Waals surface area contributed by atoms with Crippen molar-refractivity contribution in [3.8, 4) is 22.1 Å². The number of nitrogens with zero attached hydrogens (tertiary/aromatic N) is 2. The second-order valence-corrected chi connectivity index (χ2v) is 7.07. The lowest BCUT2D eigenvalue weighted by Crippen LogP contribution is -2.03. The predicted octanol–water partition coefficient (Wildman–Crippen LogP) is 4.44. The van der Waals surface area contributed by atoms with Gasteiger partial charge < -0.3 is 9.84 Å². The van der Waals surface area contributed by atoms with Crippen LogP contribution in [0.3, 0.4) is 0 Å². The van der Waals surface area contributed by atoms with Crippen LogP contribution in [0, 0.1) is 13.8 Å². The number of carbonyl (C=O) groups excluding carboxylic acids is 1. The van der Waals surface area contributed by atoms with Gasteiger partial charge in [0.05, 0.1) is 17.7 Å². The molecule has 2 aromatic carbocycles. The summed E-state index contributed by atoms with van der Waals surface area (Å²) in [7, 11) is 1.49. The third kappa shape index (κ3) is 4.23. The Morgan fingerprint density at radius 2 is 2.04 bits per heavy atom. The molecule has 0 saturated carbocycles. The lowest BCUT2D eigenvalue weighted by atomic mass is 10.1. The van der Waals surface area contributed by atoms with Crippen LogP contribution in [-0.2, 0) is 0 Å². The van der Waals surface area contributed by atoms with Crippen LogP contribution < -0.4 is 4.74 Å². The van der Waals surface area contributed by atoms with Crippen LogP contribution in [0.2, 0.25) is 0 Å². The molecule has 0 aliphatic rings. The van der Waals surface area contributed by atoms with Crippen molar-refractivity contribution in [2.75, 3.05) is 13.7 Å². The summed E-state index contributed by atoms with van der Waals surface area (Å²) >= 11 is 1.40. The molecule has 0 fully saturated rings. The van der Waals surface area contributed by atoms with Crippen molar-refractivity contribution in [2.24, 2.45) is 4.99 Å².